The van der Waals surface area contributed by atoms with E-state index < -0.39 is 0 Å². The first-order valence-electron chi connectivity index (χ1n) is 6.91. The number of hydrogen-bond acceptors (Lipinski definition) is 2. The summed E-state index contributed by atoms with van der Waals surface area (Å²) in [7, 11) is 0. The van der Waals surface area contributed by atoms with Crippen molar-refractivity contribution in [3.8, 4) is 0 Å². The van der Waals surface area contributed by atoms with Crippen LogP contribution in [0.4, 0.5) is 10.1 Å². The summed E-state index contributed by atoms with van der Waals surface area (Å²) < 4.78 is 13.3. The first-order chi connectivity index (χ1) is 8.77. The molecule has 0 aliphatic carbocycles. The SMILES string of the molecule is CC1CCCCN1CCCNc1cc[c]cc1F. The molecule has 1 saturated heterocycles. The second-order valence-electron chi connectivity index (χ2n) is 5.07. The fraction of sp³-hybridized carbons (Fsp3) is 0.600. The molecule has 1 heterocycles. The normalized spacial score (nSPS) is 20.9. The van der Waals surface area contributed by atoms with E-state index in [1.807, 2.05) is 0 Å². The summed E-state index contributed by atoms with van der Waals surface area (Å²) in [6, 6.07) is 8.28. The third-order valence-corrected chi connectivity index (χ3v) is 3.69. The van der Waals surface area contributed by atoms with Gasteiger partial charge in [0.2, 0.25) is 0 Å². The predicted octanol–water partition coefficient (Wildman–Crippen LogP) is 3.30. The Labute approximate surface area is 109 Å². The van der Waals surface area contributed by atoms with Gasteiger partial charge in [-0.25, -0.2) is 4.39 Å². The summed E-state index contributed by atoms with van der Waals surface area (Å²) >= 11 is 0. The number of nitrogens with one attached hydrogen (secondary N) is 1. The molecule has 3 heteroatoms. The third-order valence-electron chi connectivity index (χ3n) is 3.69. The molecule has 0 spiro atoms. The Balaban J connectivity index is 1.68. The number of nitrogens with zero attached hydrogens (tertiary/aromatic N) is 1. The van der Waals surface area contributed by atoms with E-state index in [1.54, 1.807) is 12.1 Å². The van der Waals surface area contributed by atoms with Gasteiger partial charge in [-0.15, -0.1) is 0 Å². The van der Waals surface area contributed by atoms with E-state index in [0.29, 0.717) is 11.7 Å². The van der Waals surface area contributed by atoms with Crippen molar-refractivity contribution in [3.05, 3.63) is 30.1 Å². The van der Waals surface area contributed by atoms with Crippen LogP contribution in [0.15, 0.2) is 18.2 Å². The van der Waals surface area contributed by atoms with Crippen molar-refractivity contribution < 1.29 is 4.39 Å². The van der Waals surface area contributed by atoms with Crippen molar-refractivity contribution in [2.45, 2.75) is 38.6 Å². The van der Waals surface area contributed by atoms with Crippen molar-refractivity contribution in [2.75, 3.05) is 25.0 Å². The molecule has 1 aliphatic rings. The van der Waals surface area contributed by atoms with Gasteiger partial charge in [0.1, 0.15) is 5.82 Å². The Morgan fingerprint density at radius 2 is 2.39 bits per heavy atom. The zero-order valence-electron chi connectivity index (χ0n) is 11.1. The van der Waals surface area contributed by atoms with E-state index in [-0.39, 0.29) is 5.82 Å². The van der Waals surface area contributed by atoms with Gasteiger partial charge in [0.15, 0.2) is 0 Å². The van der Waals surface area contributed by atoms with Crippen molar-refractivity contribution in [2.24, 2.45) is 0 Å². The zero-order valence-corrected chi connectivity index (χ0v) is 11.1. The molecule has 1 unspecified atom stereocenters. The van der Waals surface area contributed by atoms with Crippen LogP contribution in [0.3, 0.4) is 0 Å². The minimum absolute atomic E-state index is 0.219. The Bertz CT molecular complexity index is 367. The van der Waals surface area contributed by atoms with Crippen LogP contribution in [-0.2, 0) is 0 Å². The number of hydrogen-bond donors (Lipinski definition) is 1. The molecule has 1 aliphatic heterocycles. The molecule has 0 bridgehead atoms. The van der Waals surface area contributed by atoms with Gasteiger partial charge >= 0.3 is 0 Å². The number of rotatable bonds is 5. The Morgan fingerprint density at radius 3 is 3.17 bits per heavy atom. The summed E-state index contributed by atoms with van der Waals surface area (Å²) in [5.74, 6) is -0.219. The van der Waals surface area contributed by atoms with E-state index in [0.717, 1.165) is 19.5 Å². The van der Waals surface area contributed by atoms with Gasteiger partial charge in [0.25, 0.3) is 0 Å². The average molecular weight is 249 g/mol. The minimum atomic E-state index is -0.219. The largest absolute Gasteiger partial charge is 0.383 e. The Morgan fingerprint density at radius 1 is 1.50 bits per heavy atom. The summed E-state index contributed by atoms with van der Waals surface area (Å²) in [6.07, 6.45) is 5.06. The number of piperidine rings is 1. The van der Waals surface area contributed by atoms with Gasteiger partial charge in [-0.05, 0) is 50.9 Å². The fourth-order valence-electron chi connectivity index (χ4n) is 2.55. The molecule has 1 fully saturated rings. The third kappa shape index (κ3) is 3.70. The number of anilines is 1. The molecular weight excluding hydrogens is 227 g/mol. The van der Waals surface area contributed by atoms with Crippen molar-refractivity contribution in [1.29, 1.82) is 0 Å². The van der Waals surface area contributed by atoms with E-state index in [2.05, 4.69) is 23.2 Å². The van der Waals surface area contributed by atoms with E-state index in [4.69, 9.17) is 0 Å². The van der Waals surface area contributed by atoms with E-state index in [9.17, 15) is 4.39 Å². The van der Waals surface area contributed by atoms with Crippen molar-refractivity contribution >= 4 is 5.69 Å². The summed E-state index contributed by atoms with van der Waals surface area (Å²) in [5, 5.41) is 3.15. The maximum Gasteiger partial charge on any atom is 0.146 e. The second kappa shape index (κ2) is 6.74. The van der Waals surface area contributed by atoms with Crippen LogP contribution >= 0.6 is 0 Å². The first kappa shape index (κ1) is 13.3. The van der Waals surface area contributed by atoms with Crippen molar-refractivity contribution in [1.82, 2.24) is 4.90 Å². The van der Waals surface area contributed by atoms with Gasteiger partial charge < -0.3 is 10.2 Å². The summed E-state index contributed by atoms with van der Waals surface area (Å²) in [5.41, 5.74) is 0.584. The highest BCUT2D eigenvalue weighted by Crippen LogP contribution is 2.16. The molecule has 1 aromatic rings. The molecule has 1 radical (unpaired) electrons. The topological polar surface area (TPSA) is 15.3 Å². The summed E-state index contributed by atoms with van der Waals surface area (Å²) in [4.78, 5) is 2.54. The van der Waals surface area contributed by atoms with Gasteiger partial charge in [-0.1, -0.05) is 12.5 Å². The lowest BCUT2D eigenvalue weighted by molar-refractivity contribution is 0.160. The van der Waals surface area contributed by atoms with Gasteiger partial charge in [-0.3, -0.25) is 0 Å². The fourth-order valence-corrected chi connectivity index (χ4v) is 2.55. The standard InChI is InChI=1S/C15H22FN2/c1-13-7-4-5-11-18(13)12-6-10-17-15-9-3-2-8-14(15)16/h3,8-9,13,17H,4-7,10-12H2,1H3. The highest BCUT2D eigenvalue weighted by molar-refractivity contribution is 5.43. The lowest BCUT2D eigenvalue weighted by Gasteiger charge is -2.33. The van der Waals surface area contributed by atoms with Crippen LogP contribution in [0.25, 0.3) is 0 Å². The zero-order chi connectivity index (χ0) is 12.8. The van der Waals surface area contributed by atoms with E-state index >= 15 is 0 Å². The molecule has 1 aromatic carbocycles. The quantitative estimate of drug-likeness (QED) is 0.805. The summed E-state index contributed by atoms with van der Waals surface area (Å²) in [6.45, 7) is 5.45. The molecule has 0 saturated carbocycles. The molecule has 0 aromatic heterocycles. The molecule has 0 amide bonds. The number of benzene rings is 1. The number of halogens is 1. The lowest BCUT2D eigenvalue weighted by atomic mass is 10.0. The Kier molecular flexibility index (Phi) is 5.00. The van der Waals surface area contributed by atoms with Crippen molar-refractivity contribution in [3.63, 3.8) is 0 Å². The average Bonchev–Trinajstić information content (AvgIpc) is 2.38. The maximum atomic E-state index is 13.3. The predicted molar refractivity (Wildman–Crippen MR) is 73.2 cm³/mol. The molecule has 99 valence electrons. The highest BCUT2D eigenvalue weighted by Gasteiger charge is 2.16. The smallest absolute Gasteiger partial charge is 0.146 e. The van der Waals surface area contributed by atoms with Crippen LogP contribution < -0.4 is 5.32 Å². The monoisotopic (exact) mass is 249 g/mol. The molecule has 1 atom stereocenters. The van der Waals surface area contributed by atoms with Gasteiger partial charge in [0.05, 0.1) is 5.69 Å². The van der Waals surface area contributed by atoms with Crippen LogP contribution in [0, 0.1) is 11.9 Å². The molecule has 2 rings (SSSR count). The van der Waals surface area contributed by atoms with Gasteiger partial charge in [-0.2, -0.15) is 0 Å². The molecular formula is C15H22FN2. The molecule has 1 N–H and O–H groups in total. The lowest BCUT2D eigenvalue weighted by Crippen LogP contribution is -2.38. The van der Waals surface area contributed by atoms with Crippen LogP contribution in [0.5, 0.6) is 0 Å². The maximum absolute atomic E-state index is 13.3. The van der Waals surface area contributed by atoms with Crippen LogP contribution in [0.1, 0.15) is 32.6 Å². The van der Waals surface area contributed by atoms with Crippen LogP contribution in [0.2, 0.25) is 0 Å². The molecule has 2 nitrogen and oxygen atoms in total. The first-order valence-corrected chi connectivity index (χ1v) is 6.91. The van der Waals surface area contributed by atoms with Gasteiger partial charge in [0, 0.05) is 19.1 Å². The van der Waals surface area contributed by atoms with E-state index in [1.165, 1.54) is 31.9 Å². The highest BCUT2D eigenvalue weighted by atomic mass is 19.1. The second-order valence-corrected chi connectivity index (χ2v) is 5.07. The van der Waals surface area contributed by atoms with Crippen LogP contribution in [-0.4, -0.2) is 30.6 Å². The Hall–Kier alpha value is -1.09. The minimum Gasteiger partial charge on any atom is -0.383 e. The number of likely N-dealkylation sites (tertiary alicyclic amines) is 1. The molecule has 18 heavy (non-hydrogen) atoms.